The van der Waals surface area contributed by atoms with Gasteiger partial charge in [0.05, 0.1) is 22.7 Å². The maximum atomic E-state index is 13.6. The molecule has 1 unspecified atom stereocenters. The molecule has 0 aromatic heterocycles. The Balaban J connectivity index is 2.27. The number of hydrogen-bond donors (Lipinski definition) is 2. The molecular weight excluding hydrogens is 366 g/mol. The fourth-order valence-electron chi connectivity index (χ4n) is 3.60. The Hall–Kier alpha value is -2.87. The lowest BCUT2D eigenvalue weighted by molar-refractivity contribution is -0.123. The quantitative estimate of drug-likeness (QED) is 0.836. The van der Waals surface area contributed by atoms with Gasteiger partial charge in [0, 0.05) is 0 Å². The van der Waals surface area contributed by atoms with E-state index in [0.29, 0.717) is 22.5 Å². The van der Waals surface area contributed by atoms with Crippen molar-refractivity contribution in [3.63, 3.8) is 0 Å². The minimum absolute atomic E-state index is 0.132. The number of hydrogen-bond acceptors (Lipinski definition) is 4. The van der Waals surface area contributed by atoms with E-state index in [4.69, 9.17) is 5.73 Å². The van der Waals surface area contributed by atoms with E-state index in [2.05, 4.69) is 5.32 Å². The summed E-state index contributed by atoms with van der Waals surface area (Å²) in [6.45, 7) is 5.31. The lowest BCUT2D eigenvalue weighted by Gasteiger charge is -2.37. The number of benzene rings is 2. The Morgan fingerprint density at radius 2 is 1.74 bits per heavy atom. The van der Waals surface area contributed by atoms with Gasteiger partial charge in [-0.2, -0.15) is 0 Å². The molecule has 3 N–H and O–H groups in total. The predicted molar refractivity (Wildman–Crippen MR) is 103 cm³/mol. The summed E-state index contributed by atoms with van der Waals surface area (Å²) in [5.41, 5.74) is 8.06. The number of aryl methyl sites for hydroxylation is 3. The van der Waals surface area contributed by atoms with Crippen LogP contribution >= 0.6 is 0 Å². The lowest BCUT2D eigenvalue weighted by Crippen LogP contribution is -2.52. The number of primary amides is 1. The Labute approximate surface area is 158 Å². The molecule has 3 rings (SSSR count). The summed E-state index contributed by atoms with van der Waals surface area (Å²) < 4.78 is 28.3. The van der Waals surface area contributed by atoms with Crippen LogP contribution in [-0.4, -0.2) is 26.3 Å². The molecule has 1 aliphatic heterocycles. The van der Waals surface area contributed by atoms with Crippen LogP contribution in [0.5, 0.6) is 0 Å². The summed E-state index contributed by atoms with van der Waals surface area (Å²) in [6.07, 6.45) is -0.413. The maximum absolute atomic E-state index is 13.6. The largest absolute Gasteiger partial charge is 0.370 e. The predicted octanol–water partition coefficient (Wildman–Crippen LogP) is 2.00. The van der Waals surface area contributed by atoms with E-state index >= 15 is 0 Å². The molecule has 2 amide bonds. The van der Waals surface area contributed by atoms with E-state index in [1.807, 2.05) is 6.92 Å². The second-order valence-corrected chi connectivity index (χ2v) is 8.47. The first-order valence-electron chi connectivity index (χ1n) is 8.43. The normalized spacial score (nSPS) is 16.6. The van der Waals surface area contributed by atoms with Crippen LogP contribution < -0.4 is 15.4 Å². The number of carbonyl (C=O) groups is 2. The highest BCUT2D eigenvalue weighted by Gasteiger charge is 2.42. The summed E-state index contributed by atoms with van der Waals surface area (Å²) in [6, 6.07) is 8.89. The van der Waals surface area contributed by atoms with E-state index in [9.17, 15) is 18.0 Å². The molecule has 2 aromatic carbocycles. The standard InChI is InChI=1S/C19H21N3O4S/c1-11-8-12(2)18(13(3)9-11)27(25,26)22-15-7-5-4-6-14(15)21-19(24)16(22)10-17(20)23/h4-9,16H,10H2,1-3H3,(H2,20,23)(H,21,24). The van der Waals surface area contributed by atoms with Crippen molar-refractivity contribution >= 4 is 33.2 Å². The summed E-state index contributed by atoms with van der Waals surface area (Å²) in [5, 5.41) is 2.65. The van der Waals surface area contributed by atoms with Gasteiger partial charge in [-0.25, -0.2) is 8.42 Å². The smallest absolute Gasteiger partial charge is 0.265 e. The second-order valence-electron chi connectivity index (χ2n) is 6.72. The van der Waals surface area contributed by atoms with Gasteiger partial charge in [-0.3, -0.25) is 13.9 Å². The Morgan fingerprint density at radius 1 is 1.15 bits per heavy atom. The highest BCUT2D eigenvalue weighted by Crippen LogP contribution is 2.38. The first kappa shape index (κ1) is 18.9. The van der Waals surface area contributed by atoms with Gasteiger partial charge in [0.1, 0.15) is 6.04 Å². The SMILES string of the molecule is Cc1cc(C)c(S(=O)(=O)N2c3ccccc3NC(=O)C2CC(N)=O)c(C)c1. The van der Waals surface area contributed by atoms with Crippen molar-refractivity contribution < 1.29 is 18.0 Å². The number of rotatable bonds is 4. The number of nitrogens with one attached hydrogen (secondary N) is 1. The van der Waals surface area contributed by atoms with Gasteiger partial charge in [0.25, 0.3) is 10.0 Å². The second kappa shape index (κ2) is 6.70. The third-order valence-electron chi connectivity index (χ3n) is 4.50. The fourth-order valence-corrected chi connectivity index (χ4v) is 5.65. The number of amides is 2. The van der Waals surface area contributed by atoms with Crippen LogP contribution in [0.4, 0.5) is 11.4 Å². The molecule has 7 nitrogen and oxygen atoms in total. The molecular formula is C19H21N3O4S. The van der Waals surface area contributed by atoms with E-state index < -0.39 is 34.3 Å². The molecule has 142 valence electrons. The average Bonchev–Trinajstić information content (AvgIpc) is 2.53. The van der Waals surface area contributed by atoms with Gasteiger partial charge in [0.2, 0.25) is 11.8 Å². The zero-order valence-electron chi connectivity index (χ0n) is 15.3. The monoisotopic (exact) mass is 387 g/mol. The number of para-hydroxylation sites is 2. The highest BCUT2D eigenvalue weighted by atomic mass is 32.2. The Morgan fingerprint density at radius 3 is 2.33 bits per heavy atom. The number of sulfonamides is 1. The molecule has 8 heteroatoms. The minimum Gasteiger partial charge on any atom is -0.370 e. The van der Waals surface area contributed by atoms with Crippen molar-refractivity contribution in [2.45, 2.75) is 38.1 Å². The zero-order valence-corrected chi connectivity index (χ0v) is 16.1. The zero-order chi connectivity index (χ0) is 19.9. The number of nitrogens with zero attached hydrogens (tertiary/aromatic N) is 1. The molecule has 0 fully saturated rings. The van der Waals surface area contributed by atoms with Crippen molar-refractivity contribution in [3.05, 3.63) is 53.1 Å². The molecule has 0 spiro atoms. The molecule has 2 aromatic rings. The number of nitrogens with two attached hydrogens (primary N) is 1. The van der Waals surface area contributed by atoms with E-state index in [-0.39, 0.29) is 4.90 Å². The summed E-state index contributed by atoms with van der Waals surface area (Å²) >= 11 is 0. The first-order valence-corrected chi connectivity index (χ1v) is 9.87. The van der Waals surface area contributed by atoms with Crippen molar-refractivity contribution in [1.29, 1.82) is 0 Å². The lowest BCUT2D eigenvalue weighted by atomic mass is 10.1. The molecule has 0 saturated heterocycles. The molecule has 0 saturated carbocycles. The van der Waals surface area contributed by atoms with Crippen molar-refractivity contribution in [1.82, 2.24) is 0 Å². The van der Waals surface area contributed by atoms with Crippen molar-refractivity contribution in [2.75, 3.05) is 9.62 Å². The number of carbonyl (C=O) groups excluding carboxylic acids is 2. The van der Waals surface area contributed by atoms with E-state index in [1.54, 1.807) is 50.2 Å². The summed E-state index contributed by atoms with van der Waals surface area (Å²) in [4.78, 5) is 24.2. The van der Waals surface area contributed by atoms with Gasteiger partial charge in [-0.05, 0) is 44.0 Å². The molecule has 0 radical (unpaired) electrons. The van der Waals surface area contributed by atoms with Crippen LogP contribution in [0, 0.1) is 20.8 Å². The summed E-state index contributed by atoms with van der Waals surface area (Å²) in [5.74, 6) is -1.34. The topological polar surface area (TPSA) is 110 Å². The number of fused-ring (bicyclic) bond motifs is 1. The van der Waals surface area contributed by atoms with Crippen LogP contribution in [-0.2, 0) is 19.6 Å². The van der Waals surface area contributed by atoms with Gasteiger partial charge < -0.3 is 11.1 Å². The van der Waals surface area contributed by atoms with Gasteiger partial charge in [0.15, 0.2) is 0 Å². The van der Waals surface area contributed by atoms with Gasteiger partial charge in [-0.1, -0.05) is 29.8 Å². The average molecular weight is 387 g/mol. The maximum Gasteiger partial charge on any atom is 0.265 e. The molecule has 1 atom stereocenters. The fraction of sp³-hybridized carbons (Fsp3) is 0.263. The van der Waals surface area contributed by atoms with Gasteiger partial charge >= 0.3 is 0 Å². The van der Waals surface area contributed by atoms with Crippen LogP contribution in [0.3, 0.4) is 0 Å². The van der Waals surface area contributed by atoms with Crippen molar-refractivity contribution in [2.24, 2.45) is 5.73 Å². The number of anilines is 2. The van der Waals surface area contributed by atoms with Gasteiger partial charge in [-0.15, -0.1) is 0 Å². The molecule has 0 bridgehead atoms. The van der Waals surface area contributed by atoms with Crippen LogP contribution in [0.2, 0.25) is 0 Å². The molecule has 0 aliphatic carbocycles. The third-order valence-corrected chi connectivity index (χ3v) is 6.63. The molecule has 27 heavy (non-hydrogen) atoms. The van der Waals surface area contributed by atoms with Crippen molar-refractivity contribution in [3.8, 4) is 0 Å². The highest BCUT2D eigenvalue weighted by molar-refractivity contribution is 7.93. The minimum atomic E-state index is -4.12. The van der Waals surface area contributed by atoms with Crippen LogP contribution in [0.1, 0.15) is 23.1 Å². The van der Waals surface area contributed by atoms with E-state index in [0.717, 1.165) is 9.87 Å². The van der Waals surface area contributed by atoms with Crippen LogP contribution in [0.15, 0.2) is 41.3 Å². The Kier molecular flexibility index (Phi) is 4.69. The van der Waals surface area contributed by atoms with Crippen LogP contribution in [0.25, 0.3) is 0 Å². The summed E-state index contributed by atoms with van der Waals surface area (Å²) in [7, 11) is -4.12. The molecule has 1 aliphatic rings. The van der Waals surface area contributed by atoms with E-state index in [1.165, 1.54) is 0 Å². The Bertz CT molecular complexity index is 1020. The third kappa shape index (κ3) is 3.28. The molecule has 1 heterocycles. The first-order chi connectivity index (χ1) is 12.6.